The summed E-state index contributed by atoms with van der Waals surface area (Å²) in [7, 11) is 0. The first-order valence-electron chi connectivity index (χ1n) is 6.48. The number of anilines is 1. The fourth-order valence-corrected chi connectivity index (χ4v) is 2.56. The second-order valence-corrected chi connectivity index (χ2v) is 4.77. The van der Waals surface area contributed by atoms with Gasteiger partial charge in [0.2, 0.25) is 0 Å². The maximum absolute atomic E-state index is 11.5. The van der Waals surface area contributed by atoms with E-state index in [1.165, 1.54) is 0 Å². The van der Waals surface area contributed by atoms with Crippen LogP contribution in [0, 0.1) is 0 Å². The largest absolute Gasteiger partial charge is 0.464 e. The Morgan fingerprint density at radius 3 is 2.63 bits per heavy atom. The highest BCUT2D eigenvalue weighted by atomic mass is 16.3. The number of primary amides is 1. The van der Waals surface area contributed by atoms with Gasteiger partial charge in [-0.25, -0.2) is 0 Å². The average Bonchev–Trinajstić information content (AvgIpc) is 3.11. The Bertz CT molecular complexity index is 584. The Hall–Kier alpha value is -2.23. The number of benzene rings is 1. The zero-order chi connectivity index (χ0) is 13.2. The molecule has 1 saturated heterocycles. The molecule has 1 aromatic heterocycles. The van der Waals surface area contributed by atoms with E-state index in [4.69, 9.17) is 10.2 Å². The predicted molar refractivity (Wildman–Crippen MR) is 74.1 cm³/mol. The SMILES string of the molecule is NC(=O)c1ccc(-c2ccco2)cc1N1CCCC1. The van der Waals surface area contributed by atoms with Crippen LogP contribution in [0.3, 0.4) is 0 Å². The van der Waals surface area contributed by atoms with E-state index in [1.54, 1.807) is 12.3 Å². The summed E-state index contributed by atoms with van der Waals surface area (Å²) in [5.74, 6) is 0.421. The zero-order valence-corrected chi connectivity index (χ0v) is 10.6. The first-order chi connectivity index (χ1) is 9.25. The fourth-order valence-electron chi connectivity index (χ4n) is 2.56. The fraction of sp³-hybridized carbons (Fsp3) is 0.267. The molecule has 0 bridgehead atoms. The van der Waals surface area contributed by atoms with Gasteiger partial charge in [-0.1, -0.05) is 6.07 Å². The van der Waals surface area contributed by atoms with E-state index in [2.05, 4.69) is 4.90 Å². The van der Waals surface area contributed by atoms with Crippen LogP contribution in [0.25, 0.3) is 11.3 Å². The summed E-state index contributed by atoms with van der Waals surface area (Å²) in [6, 6.07) is 9.41. The summed E-state index contributed by atoms with van der Waals surface area (Å²) in [5.41, 5.74) is 7.93. The number of carbonyl (C=O) groups excluding carboxylic acids is 1. The summed E-state index contributed by atoms with van der Waals surface area (Å²) in [6.07, 6.45) is 3.96. The lowest BCUT2D eigenvalue weighted by atomic mass is 10.1. The van der Waals surface area contributed by atoms with E-state index in [0.29, 0.717) is 5.56 Å². The molecule has 1 aliphatic heterocycles. The number of nitrogens with two attached hydrogens (primary N) is 1. The Morgan fingerprint density at radius 1 is 1.21 bits per heavy atom. The molecule has 1 aromatic carbocycles. The van der Waals surface area contributed by atoms with Crippen LogP contribution in [0.1, 0.15) is 23.2 Å². The first-order valence-corrected chi connectivity index (χ1v) is 6.48. The second kappa shape index (κ2) is 4.80. The van der Waals surface area contributed by atoms with Crippen molar-refractivity contribution in [1.82, 2.24) is 0 Å². The van der Waals surface area contributed by atoms with Crippen molar-refractivity contribution in [3.8, 4) is 11.3 Å². The normalized spacial score (nSPS) is 14.8. The molecule has 2 aromatic rings. The van der Waals surface area contributed by atoms with Crippen molar-refractivity contribution in [3.63, 3.8) is 0 Å². The minimum atomic E-state index is -0.382. The number of amides is 1. The predicted octanol–water partition coefficient (Wildman–Crippen LogP) is 2.65. The smallest absolute Gasteiger partial charge is 0.250 e. The Morgan fingerprint density at radius 2 is 2.00 bits per heavy atom. The molecule has 0 saturated carbocycles. The quantitative estimate of drug-likeness (QED) is 0.918. The third-order valence-electron chi connectivity index (χ3n) is 3.52. The number of furan rings is 1. The number of rotatable bonds is 3. The molecule has 0 spiro atoms. The van der Waals surface area contributed by atoms with Crippen molar-refractivity contribution in [2.24, 2.45) is 5.73 Å². The van der Waals surface area contributed by atoms with Crippen LogP contribution in [0.2, 0.25) is 0 Å². The van der Waals surface area contributed by atoms with Crippen LogP contribution in [-0.4, -0.2) is 19.0 Å². The summed E-state index contributed by atoms with van der Waals surface area (Å²) < 4.78 is 5.40. The van der Waals surface area contributed by atoms with Crippen LogP contribution in [-0.2, 0) is 0 Å². The van der Waals surface area contributed by atoms with Crippen LogP contribution >= 0.6 is 0 Å². The number of hydrogen-bond donors (Lipinski definition) is 1. The van der Waals surface area contributed by atoms with E-state index >= 15 is 0 Å². The van der Waals surface area contributed by atoms with Gasteiger partial charge < -0.3 is 15.1 Å². The molecule has 1 fully saturated rings. The van der Waals surface area contributed by atoms with E-state index in [9.17, 15) is 4.79 Å². The lowest BCUT2D eigenvalue weighted by Crippen LogP contribution is -2.23. The van der Waals surface area contributed by atoms with E-state index < -0.39 is 0 Å². The summed E-state index contributed by atoms with van der Waals surface area (Å²) in [4.78, 5) is 13.8. The minimum Gasteiger partial charge on any atom is -0.464 e. The highest BCUT2D eigenvalue weighted by Gasteiger charge is 2.19. The molecule has 0 radical (unpaired) electrons. The highest BCUT2D eigenvalue weighted by molar-refractivity contribution is 5.99. The molecule has 2 heterocycles. The monoisotopic (exact) mass is 256 g/mol. The highest BCUT2D eigenvalue weighted by Crippen LogP contribution is 2.30. The van der Waals surface area contributed by atoms with Gasteiger partial charge in [0.1, 0.15) is 5.76 Å². The van der Waals surface area contributed by atoms with Gasteiger partial charge >= 0.3 is 0 Å². The Balaban J connectivity index is 2.06. The second-order valence-electron chi connectivity index (χ2n) is 4.77. The van der Waals surface area contributed by atoms with Gasteiger partial charge in [-0.2, -0.15) is 0 Å². The zero-order valence-electron chi connectivity index (χ0n) is 10.6. The van der Waals surface area contributed by atoms with E-state index in [-0.39, 0.29) is 5.91 Å². The van der Waals surface area contributed by atoms with E-state index in [1.807, 2.05) is 24.3 Å². The third-order valence-corrected chi connectivity index (χ3v) is 3.52. The van der Waals surface area contributed by atoms with Crippen molar-refractivity contribution in [1.29, 1.82) is 0 Å². The summed E-state index contributed by atoms with van der Waals surface area (Å²) >= 11 is 0. The topological polar surface area (TPSA) is 59.5 Å². The lowest BCUT2D eigenvalue weighted by molar-refractivity contribution is 0.100. The van der Waals surface area contributed by atoms with Crippen LogP contribution in [0.4, 0.5) is 5.69 Å². The molecule has 0 atom stereocenters. The van der Waals surface area contributed by atoms with Gasteiger partial charge in [0.25, 0.3) is 5.91 Å². The van der Waals surface area contributed by atoms with Gasteiger partial charge in [-0.05, 0) is 37.1 Å². The van der Waals surface area contributed by atoms with Crippen LogP contribution in [0.5, 0.6) is 0 Å². The Labute approximate surface area is 111 Å². The molecule has 1 aliphatic rings. The average molecular weight is 256 g/mol. The summed E-state index contributed by atoms with van der Waals surface area (Å²) in [5, 5.41) is 0. The van der Waals surface area contributed by atoms with Crippen LogP contribution < -0.4 is 10.6 Å². The van der Waals surface area contributed by atoms with Crippen molar-refractivity contribution >= 4 is 11.6 Å². The van der Waals surface area contributed by atoms with Gasteiger partial charge in [0, 0.05) is 18.7 Å². The molecule has 0 unspecified atom stereocenters. The minimum absolute atomic E-state index is 0.382. The molecule has 19 heavy (non-hydrogen) atoms. The molecule has 3 rings (SSSR count). The Kier molecular flexibility index (Phi) is 2.99. The molecule has 0 aliphatic carbocycles. The van der Waals surface area contributed by atoms with Crippen molar-refractivity contribution < 1.29 is 9.21 Å². The van der Waals surface area contributed by atoms with Gasteiger partial charge in [-0.15, -0.1) is 0 Å². The standard InChI is InChI=1S/C15H16N2O2/c16-15(18)12-6-5-11(14-4-3-9-19-14)10-13(12)17-7-1-2-8-17/h3-6,9-10H,1-2,7-8H2,(H2,16,18). The molecular weight excluding hydrogens is 240 g/mol. The van der Waals surface area contributed by atoms with Gasteiger partial charge in [0.15, 0.2) is 0 Å². The number of carbonyl (C=O) groups is 1. The van der Waals surface area contributed by atoms with Crippen LogP contribution in [0.15, 0.2) is 41.0 Å². The maximum Gasteiger partial charge on any atom is 0.250 e. The van der Waals surface area contributed by atoms with Crippen molar-refractivity contribution in [2.75, 3.05) is 18.0 Å². The third kappa shape index (κ3) is 2.21. The first kappa shape index (κ1) is 11.8. The summed E-state index contributed by atoms with van der Waals surface area (Å²) in [6.45, 7) is 1.95. The van der Waals surface area contributed by atoms with Crippen molar-refractivity contribution in [3.05, 3.63) is 42.2 Å². The molecule has 4 heteroatoms. The van der Waals surface area contributed by atoms with Gasteiger partial charge in [-0.3, -0.25) is 4.79 Å². The van der Waals surface area contributed by atoms with Crippen molar-refractivity contribution in [2.45, 2.75) is 12.8 Å². The molecular formula is C15H16N2O2. The van der Waals surface area contributed by atoms with Gasteiger partial charge in [0.05, 0.1) is 17.5 Å². The molecule has 2 N–H and O–H groups in total. The number of hydrogen-bond acceptors (Lipinski definition) is 3. The molecule has 1 amide bonds. The van der Waals surface area contributed by atoms with E-state index in [0.717, 1.165) is 42.9 Å². The number of nitrogens with zero attached hydrogens (tertiary/aromatic N) is 1. The maximum atomic E-state index is 11.5. The lowest BCUT2D eigenvalue weighted by Gasteiger charge is -2.20. The molecule has 4 nitrogen and oxygen atoms in total. The molecule has 98 valence electrons.